The van der Waals surface area contributed by atoms with Crippen LogP contribution in [-0.4, -0.2) is 34.0 Å². The molecule has 4 nitrogen and oxygen atoms in total. The van der Waals surface area contributed by atoms with Crippen molar-refractivity contribution in [2.45, 2.75) is 51.1 Å². The Labute approximate surface area is 231 Å². The first kappa shape index (κ1) is 28.3. The van der Waals surface area contributed by atoms with E-state index in [2.05, 4.69) is 21.2 Å². The molecule has 190 valence electrons. The Morgan fingerprint density at radius 2 is 1.53 bits per heavy atom. The number of hydrogen-bond acceptors (Lipinski definition) is 3. The summed E-state index contributed by atoms with van der Waals surface area (Å²) in [6.45, 7) is 6.17. The molecule has 0 unspecified atom stereocenters. The van der Waals surface area contributed by atoms with Crippen LogP contribution in [0.2, 0.25) is 5.02 Å². The number of rotatable bonds is 10. The molecule has 0 saturated carbocycles. The van der Waals surface area contributed by atoms with Crippen molar-refractivity contribution >= 4 is 51.1 Å². The van der Waals surface area contributed by atoms with Crippen LogP contribution in [0.15, 0.2) is 83.3 Å². The average Bonchev–Trinajstić information content (AvgIpc) is 2.83. The standard InChI is InChI=1S/C29H32BrClN2O2S/c1-29(2,3)32-28(35)26(17-21-7-5-4-6-8-21)33(18-22-11-15-25(31)16-12-22)27(34)20-36-19-23-9-13-24(30)14-10-23/h4-16,26H,17-20H2,1-3H3,(H,32,35)/t26-/m1/s1. The largest absolute Gasteiger partial charge is 0.350 e. The Bertz CT molecular complexity index is 1130. The molecule has 36 heavy (non-hydrogen) atoms. The van der Waals surface area contributed by atoms with Gasteiger partial charge in [0, 0.05) is 33.8 Å². The van der Waals surface area contributed by atoms with E-state index in [-0.39, 0.29) is 17.6 Å². The fraction of sp³-hybridized carbons (Fsp3) is 0.310. The Morgan fingerprint density at radius 1 is 0.917 bits per heavy atom. The van der Waals surface area contributed by atoms with E-state index >= 15 is 0 Å². The highest BCUT2D eigenvalue weighted by molar-refractivity contribution is 9.10. The molecule has 0 radical (unpaired) electrons. The van der Waals surface area contributed by atoms with Gasteiger partial charge in [0.25, 0.3) is 0 Å². The first-order valence-corrected chi connectivity index (χ1v) is 14.2. The molecule has 0 bridgehead atoms. The zero-order chi connectivity index (χ0) is 26.1. The third-order valence-electron chi connectivity index (χ3n) is 5.44. The van der Waals surface area contributed by atoms with Gasteiger partial charge in [-0.15, -0.1) is 11.8 Å². The predicted molar refractivity (Wildman–Crippen MR) is 154 cm³/mol. The molecule has 0 aliphatic carbocycles. The average molecular weight is 588 g/mol. The van der Waals surface area contributed by atoms with Gasteiger partial charge in [0.05, 0.1) is 5.75 Å². The second-order valence-corrected chi connectivity index (χ2v) is 12.0. The maximum absolute atomic E-state index is 13.7. The third-order valence-corrected chi connectivity index (χ3v) is 7.21. The minimum atomic E-state index is -0.650. The number of halogens is 2. The SMILES string of the molecule is CC(C)(C)NC(=O)[C@@H](Cc1ccccc1)N(Cc1ccc(Cl)cc1)C(=O)CSCc1ccc(Br)cc1. The first-order valence-electron chi connectivity index (χ1n) is 11.8. The van der Waals surface area contributed by atoms with Crippen molar-refractivity contribution in [2.24, 2.45) is 0 Å². The van der Waals surface area contributed by atoms with Crippen LogP contribution in [-0.2, 0) is 28.3 Å². The van der Waals surface area contributed by atoms with Crippen LogP contribution in [0.1, 0.15) is 37.5 Å². The molecule has 3 aromatic rings. The maximum atomic E-state index is 13.7. The topological polar surface area (TPSA) is 49.4 Å². The summed E-state index contributed by atoms with van der Waals surface area (Å²) in [6.07, 6.45) is 0.430. The molecule has 7 heteroatoms. The van der Waals surface area contributed by atoms with Crippen molar-refractivity contribution in [3.05, 3.63) is 105 Å². The van der Waals surface area contributed by atoms with Crippen LogP contribution >= 0.6 is 39.3 Å². The number of thioether (sulfide) groups is 1. The molecule has 1 atom stereocenters. The third kappa shape index (κ3) is 9.30. The van der Waals surface area contributed by atoms with Crippen molar-refractivity contribution in [1.29, 1.82) is 0 Å². The summed E-state index contributed by atoms with van der Waals surface area (Å²) >= 11 is 11.1. The molecule has 0 aliphatic heterocycles. The number of benzene rings is 3. The molecule has 0 spiro atoms. The van der Waals surface area contributed by atoms with Crippen LogP contribution in [0.4, 0.5) is 0 Å². The van der Waals surface area contributed by atoms with Crippen LogP contribution in [0.5, 0.6) is 0 Å². The lowest BCUT2D eigenvalue weighted by Gasteiger charge is -2.34. The Hall–Kier alpha value is -2.28. The van der Waals surface area contributed by atoms with E-state index in [0.29, 0.717) is 23.7 Å². The highest BCUT2D eigenvalue weighted by Gasteiger charge is 2.32. The van der Waals surface area contributed by atoms with Gasteiger partial charge in [-0.2, -0.15) is 0 Å². The lowest BCUT2D eigenvalue weighted by molar-refractivity contribution is -0.140. The first-order chi connectivity index (χ1) is 17.1. The van der Waals surface area contributed by atoms with E-state index in [4.69, 9.17) is 11.6 Å². The van der Waals surface area contributed by atoms with Gasteiger partial charge in [0.2, 0.25) is 11.8 Å². The Balaban J connectivity index is 1.85. The van der Waals surface area contributed by atoms with E-state index in [1.807, 2.05) is 99.6 Å². The maximum Gasteiger partial charge on any atom is 0.243 e. The van der Waals surface area contributed by atoms with E-state index in [0.717, 1.165) is 21.2 Å². The van der Waals surface area contributed by atoms with Gasteiger partial charge < -0.3 is 10.2 Å². The molecular formula is C29H32BrClN2O2S. The quantitative estimate of drug-likeness (QED) is 0.281. The monoisotopic (exact) mass is 586 g/mol. The molecular weight excluding hydrogens is 556 g/mol. The summed E-state index contributed by atoms with van der Waals surface area (Å²) in [5, 5.41) is 3.72. The van der Waals surface area contributed by atoms with Gasteiger partial charge >= 0.3 is 0 Å². The number of nitrogens with zero attached hydrogens (tertiary/aromatic N) is 1. The second-order valence-electron chi connectivity index (χ2n) is 9.71. The summed E-state index contributed by atoms with van der Waals surface area (Å²) in [7, 11) is 0. The van der Waals surface area contributed by atoms with Crippen molar-refractivity contribution in [3.63, 3.8) is 0 Å². The minimum Gasteiger partial charge on any atom is -0.350 e. The number of carbonyl (C=O) groups is 2. The molecule has 0 fully saturated rings. The second kappa shape index (κ2) is 13.3. The van der Waals surface area contributed by atoms with E-state index in [1.165, 1.54) is 0 Å². The molecule has 0 heterocycles. The lowest BCUT2D eigenvalue weighted by atomic mass is 10.0. The van der Waals surface area contributed by atoms with Crippen molar-refractivity contribution in [3.8, 4) is 0 Å². The Kier molecular flexibility index (Phi) is 10.5. The number of nitrogens with one attached hydrogen (secondary N) is 1. The van der Waals surface area contributed by atoms with E-state index < -0.39 is 11.6 Å². The van der Waals surface area contributed by atoms with Crippen molar-refractivity contribution < 1.29 is 9.59 Å². The number of amides is 2. The molecule has 2 amide bonds. The zero-order valence-electron chi connectivity index (χ0n) is 20.8. The predicted octanol–water partition coefficient (Wildman–Crippen LogP) is 6.89. The Morgan fingerprint density at radius 3 is 2.14 bits per heavy atom. The molecule has 0 saturated heterocycles. The fourth-order valence-electron chi connectivity index (χ4n) is 3.71. The lowest BCUT2D eigenvalue weighted by Crippen LogP contribution is -2.54. The summed E-state index contributed by atoms with van der Waals surface area (Å²) in [5.41, 5.74) is 2.65. The molecule has 3 rings (SSSR count). The number of hydrogen-bond donors (Lipinski definition) is 1. The van der Waals surface area contributed by atoms with Crippen LogP contribution < -0.4 is 5.32 Å². The summed E-state index contributed by atoms with van der Waals surface area (Å²) in [6, 6.07) is 24.7. The normalized spacial score (nSPS) is 12.1. The zero-order valence-corrected chi connectivity index (χ0v) is 24.0. The van der Waals surface area contributed by atoms with E-state index in [1.54, 1.807) is 16.7 Å². The van der Waals surface area contributed by atoms with Crippen LogP contribution in [0.25, 0.3) is 0 Å². The van der Waals surface area contributed by atoms with Gasteiger partial charge in [0.1, 0.15) is 6.04 Å². The van der Waals surface area contributed by atoms with E-state index in [9.17, 15) is 9.59 Å². The van der Waals surface area contributed by atoms with Gasteiger partial charge in [-0.05, 0) is 61.7 Å². The molecule has 3 aromatic carbocycles. The fourth-order valence-corrected chi connectivity index (χ4v) is 4.97. The smallest absolute Gasteiger partial charge is 0.243 e. The van der Waals surface area contributed by atoms with Gasteiger partial charge in [-0.3, -0.25) is 9.59 Å². The van der Waals surface area contributed by atoms with Crippen molar-refractivity contribution in [1.82, 2.24) is 10.2 Å². The highest BCUT2D eigenvalue weighted by Crippen LogP contribution is 2.21. The summed E-state index contributed by atoms with van der Waals surface area (Å²) in [4.78, 5) is 28.9. The van der Waals surface area contributed by atoms with Gasteiger partial charge in [-0.1, -0.05) is 82.1 Å². The molecule has 0 aliphatic rings. The van der Waals surface area contributed by atoms with Gasteiger partial charge in [0.15, 0.2) is 0 Å². The summed E-state index contributed by atoms with van der Waals surface area (Å²) < 4.78 is 1.02. The number of carbonyl (C=O) groups excluding carboxylic acids is 2. The van der Waals surface area contributed by atoms with Crippen LogP contribution in [0.3, 0.4) is 0 Å². The highest BCUT2D eigenvalue weighted by atomic mass is 79.9. The van der Waals surface area contributed by atoms with Crippen molar-refractivity contribution in [2.75, 3.05) is 5.75 Å². The van der Waals surface area contributed by atoms with Gasteiger partial charge in [-0.25, -0.2) is 0 Å². The summed E-state index contributed by atoms with van der Waals surface area (Å²) in [5.74, 6) is 0.756. The van der Waals surface area contributed by atoms with Crippen LogP contribution in [0, 0.1) is 0 Å². The molecule has 0 aromatic heterocycles. The molecule has 1 N–H and O–H groups in total. The minimum absolute atomic E-state index is 0.0722.